The summed E-state index contributed by atoms with van der Waals surface area (Å²) in [4.78, 5) is 0. The third-order valence-electron chi connectivity index (χ3n) is 3.10. The van der Waals surface area contributed by atoms with Gasteiger partial charge in [0.25, 0.3) is 0 Å². The molecule has 1 nitrogen and oxygen atoms in total. The van der Waals surface area contributed by atoms with Crippen LogP contribution < -0.4 is 4.74 Å². The predicted octanol–water partition coefficient (Wildman–Crippen LogP) is 5.53. The first-order chi connectivity index (χ1) is 9.76. The highest BCUT2D eigenvalue weighted by atomic mass is 35.5. The van der Waals surface area contributed by atoms with E-state index in [4.69, 9.17) is 11.6 Å². The first-order valence-corrected chi connectivity index (χ1v) is 6.77. The fourth-order valence-corrected chi connectivity index (χ4v) is 2.52. The molecule has 2 rings (SSSR count). The standard InChI is InChI=1S/C16H14ClF3O/c1-10-3-8-14(11(2)9-10)15(17)12-4-6-13(7-5-12)21-16(18,19)20/h3-9,15H,1-2H3. The first kappa shape index (κ1) is 15.7. The van der Waals surface area contributed by atoms with E-state index in [1.807, 2.05) is 32.0 Å². The van der Waals surface area contributed by atoms with Crippen LogP contribution in [0.3, 0.4) is 0 Å². The van der Waals surface area contributed by atoms with Crippen molar-refractivity contribution in [2.75, 3.05) is 0 Å². The normalized spacial score (nSPS) is 13.0. The molecule has 0 heterocycles. The van der Waals surface area contributed by atoms with E-state index in [1.165, 1.54) is 24.3 Å². The number of hydrogen-bond donors (Lipinski definition) is 0. The van der Waals surface area contributed by atoms with Gasteiger partial charge in [-0.2, -0.15) is 0 Å². The van der Waals surface area contributed by atoms with Gasteiger partial charge in [0.15, 0.2) is 0 Å². The Morgan fingerprint density at radius 1 is 1.00 bits per heavy atom. The van der Waals surface area contributed by atoms with Crippen molar-refractivity contribution < 1.29 is 17.9 Å². The molecule has 0 aliphatic rings. The molecule has 5 heteroatoms. The van der Waals surface area contributed by atoms with Crippen molar-refractivity contribution in [2.24, 2.45) is 0 Å². The van der Waals surface area contributed by atoms with Crippen LogP contribution in [-0.2, 0) is 0 Å². The van der Waals surface area contributed by atoms with Crippen molar-refractivity contribution in [2.45, 2.75) is 25.6 Å². The molecule has 0 amide bonds. The molecular weight excluding hydrogens is 301 g/mol. The average Bonchev–Trinajstić information content (AvgIpc) is 2.37. The fraction of sp³-hybridized carbons (Fsp3) is 0.250. The molecule has 2 aromatic rings. The lowest BCUT2D eigenvalue weighted by Gasteiger charge is -2.15. The van der Waals surface area contributed by atoms with E-state index in [9.17, 15) is 13.2 Å². The SMILES string of the molecule is Cc1ccc(C(Cl)c2ccc(OC(F)(F)F)cc2)c(C)c1. The molecule has 112 valence electrons. The van der Waals surface area contributed by atoms with Crippen LogP contribution in [0.1, 0.15) is 27.6 Å². The lowest BCUT2D eigenvalue weighted by molar-refractivity contribution is -0.274. The summed E-state index contributed by atoms with van der Waals surface area (Å²) in [6.45, 7) is 3.95. The molecule has 2 aromatic carbocycles. The maximum Gasteiger partial charge on any atom is 0.573 e. The highest BCUT2D eigenvalue weighted by molar-refractivity contribution is 6.22. The van der Waals surface area contributed by atoms with Gasteiger partial charge in [0.1, 0.15) is 5.75 Å². The molecular formula is C16H14ClF3O. The molecule has 0 saturated carbocycles. The Hall–Kier alpha value is -1.68. The summed E-state index contributed by atoms with van der Waals surface area (Å²) >= 11 is 6.41. The second-order valence-electron chi connectivity index (χ2n) is 4.84. The fourth-order valence-electron chi connectivity index (χ4n) is 2.13. The van der Waals surface area contributed by atoms with E-state index in [-0.39, 0.29) is 5.75 Å². The van der Waals surface area contributed by atoms with Crippen molar-refractivity contribution in [3.63, 3.8) is 0 Å². The molecule has 1 unspecified atom stereocenters. The molecule has 0 aliphatic heterocycles. The van der Waals surface area contributed by atoms with Crippen LogP contribution in [0.5, 0.6) is 5.75 Å². The molecule has 0 spiro atoms. The van der Waals surface area contributed by atoms with Crippen LogP contribution in [0.25, 0.3) is 0 Å². The van der Waals surface area contributed by atoms with Crippen molar-refractivity contribution in [1.82, 2.24) is 0 Å². The Labute approximate surface area is 126 Å². The van der Waals surface area contributed by atoms with Crippen molar-refractivity contribution in [3.8, 4) is 5.75 Å². The average molecular weight is 315 g/mol. The molecule has 21 heavy (non-hydrogen) atoms. The Balaban J connectivity index is 2.22. The van der Waals surface area contributed by atoms with Crippen molar-refractivity contribution >= 4 is 11.6 Å². The number of hydrogen-bond acceptors (Lipinski definition) is 1. The van der Waals surface area contributed by atoms with Crippen molar-refractivity contribution in [3.05, 3.63) is 64.7 Å². The third kappa shape index (κ3) is 4.14. The number of halogens is 4. The maximum atomic E-state index is 12.1. The van der Waals surface area contributed by atoms with Crippen molar-refractivity contribution in [1.29, 1.82) is 0 Å². The van der Waals surface area contributed by atoms with Crippen LogP contribution in [0.4, 0.5) is 13.2 Å². The molecule has 0 aliphatic carbocycles. The topological polar surface area (TPSA) is 9.23 Å². The van der Waals surface area contributed by atoms with Crippen LogP contribution in [0.2, 0.25) is 0 Å². The quantitative estimate of drug-likeness (QED) is 0.677. The lowest BCUT2D eigenvalue weighted by atomic mass is 9.98. The Kier molecular flexibility index (Phi) is 4.47. The van der Waals surface area contributed by atoms with Crippen LogP contribution in [0.15, 0.2) is 42.5 Å². The second kappa shape index (κ2) is 5.98. The minimum Gasteiger partial charge on any atom is -0.406 e. The van der Waals surface area contributed by atoms with E-state index < -0.39 is 11.7 Å². The van der Waals surface area contributed by atoms with Crippen LogP contribution in [-0.4, -0.2) is 6.36 Å². The summed E-state index contributed by atoms with van der Waals surface area (Å²) in [5, 5.41) is -0.412. The van der Waals surface area contributed by atoms with Gasteiger partial charge < -0.3 is 4.74 Å². The van der Waals surface area contributed by atoms with E-state index in [0.29, 0.717) is 0 Å². The Morgan fingerprint density at radius 3 is 2.14 bits per heavy atom. The Morgan fingerprint density at radius 2 is 1.62 bits per heavy atom. The molecule has 1 atom stereocenters. The first-order valence-electron chi connectivity index (χ1n) is 6.33. The highest BCUT2D eigenvalue weighted by Crippen LogP contribution is 2.33. The second-order valence-corrected chi connectivity index (χ2v) is 5.28. The Bertz CT molecular complexity index is 620. The van der Waals surface area contributed by atoms with E-state index in [1.54, 1.807) is 0 Å². The summed E-state index contributed by atoms with van der Waals surface area (Å²) < 4.78 is 40.2. The summed E-state index contributed by atoms with van der Waals surface area (Å²) in [5.41, 5.74) is 3.84. The van der Waals surface area contributed by atoms with Gasteiger partial charge in [-0.05, 0) is 42.7 Å². The van der Waals surface area contributed by atoms with E-state index in [2.05, 4.69) is 4.74 Å². The number of alkyl halides is 4. The summed E-state index contributed by atoms with van der Waals surface area (Å²) in [6, 6.07) is 11.5. The minimum absolute atomic E-state index is 0.254. The number of rotatable bonds is 3. The maximum absolute atomic E-state index is 12.1. The number of benzene rings is 2. The zero-order chi connectivity index (χ0) is 15.6. The van der Waals surface area contributed by atoms with Gasteiger partial charge in [0, 0.05) is 0 Å². The van der Waals surface area contributed by atoms with Gasteiger partial charge in [0.2, 0.25) is 0 Å². The lowest BCUT2D eigenvalue weighted by Crippen LogP contribution is -2.17. The number of aryl methyl sites for hydroxylation is 2. The van der Waals surface area contributed by atoms with Gasteiger partial charge in [-0.3, -0.25) is 0 Å². The van der Waals surface area contributed by atoms with Gasteiger partial charge in [-0.1, -0.05) is 35.9 Å². The van der Waals surface area contributed by atoms with E-state index >= 15 is 0 Å². The predicted molar refractivity (Wildman–Crippen MR) is 76.7 cm³/mol. The molecule has 0 bridgehead atoms. The van der Waals surface area contributed by atoms with Gasteiger partial charge in [-0.25, -0.2) is 0 Å². The third-order valence-corrected chi connectivity index (χ3v) is 3.59. The van der Waals surface area contributed by atoms with Gasteiger partial charge >= 0.3 is 6.36 Å². The molecule has 0 radical (unpaired) electrons. The smallest absolute Gasteiger partial charge is 0.406 e. The minimum atomic E-state index is -4.69. The number of ether oxygens (including phenoxy) is 1. The summed E-state index contributed by atoms with van der Waals surface area (Å²) in [6.07, 6.45) is -4.69. The summed E-state index contributed by atoms with van der Waals surface area (Å²) in [5.74, 6) is -0.254. The van der Waals surface area contributed by atoms with Gasteiger partial charge in [0.05, 0.1) is 5.38 Å². The largest absolute Gasteiger partial charge is 0.573 e. The summed E-state index contributed by atoms with van der Waals surface area (Å²) in [7, 11) is 0. The van der Waals surface area contributed by atoms with Crippen LogP contribution in [0, 0.1) is 13.8 Å². The molecule has 0 saturated heterocycles. The highest BCUT2D eigenvalue weighted by Gasteiger charge is 2.31. The van der Waals surface area contributed by atoms with E-state index in [0.717, 1.165) is 22.3 Å². The molecule has 0 aromatic heterocycles. The zero-order valence-electron chi connectivity index (χ0n) is 11.5. The monoisotopic (exact) mass is 314 g/mol. The van der Waals surface area contributed by atoms with Crippen LogP contribution >= 0.6 is 11.6 Å². The molecule has 0 fully saturated rings. The molecule has 0 N–H and O–H groups in total. The zero-order valence-corrected chi connectivity index (χ0v) is 12.3. The van der Waals surface area contributed by atoms with Gasteiger partial charge in [-0.15, -0.1) is 24.8 Å².